The van der Waals surface area contributed by atoms with Crippen molar-refractivity contribution in [3.8, 4) is 0 Å². The summed E-state index contributed by atoms with van der Waals surface area (Å²) in [5.41, 5.74) is 3.71. The number of guanidine groups is 1. The van der Waals surface area contributed by atoms with Crippen LogP contribution >= 0.6 is 0 Å². The normalized spacial score (nSPS) is 15.8. The lowest BCUT2D eigenvalue weighted by atomic mass is 10.1. The first-order valence-corrected chi connectivity index (χ1v) is 10.6. The lowest BCUT2D eigenvalue weighted by molar-refractivity contribution is 0.276. The lowest BCUT2D eigenvalue weighted by Crippen LogP contribution is -2.37. The van der Waals surface area contributed by atoms with Crippen molar-refractivity contribution in [2.24, 2.45) is 4.99 Å². The number of pyridine rings is 1. The third kappa shape index (κ3) is 6.64. The molecule has 2 aromatic rings. The number of nitrogens with zero attached hydrogens (tertiary/aromatic N) is 3. The standard InChI is InChI=1S/C23H33N5/c1-2-24-23(27-18-22-13-7-8-14-25-22)26-17-20-11-5-6-12-21(20)19-28-15-9-3-4-10-16-28/h5-8,11-14H,2-4,9-10,15-19H2,1H3,(H2,24,26,27). The average molecular weight is 380 g/mol. The number of hydrogen-bond donors (Lipinski definition) is 2. The van der Waals surface area contributed by atoms with E-state index in [0.29, 0.717) is 13.1 Å². The molecule has 0 spiro atoms. The molecule has 0 amide bonds. The Morgan fingerprint density at radius 1 is 0.964 bits per heavy atom. The van der Waals surface area contributed by atoms with E-state index < -0.39 is 0 Å². The summed E-state index contributed by atoms with van der Waals surface area (Å²) in [6.45, 7) is 7.74. The first kappa shape index (κ1) is 20.3. The number of hydrogen-bond acceptors (Lipinski definition) is 3. The predicted molar refractivity (Wildman–Crippen MR) is 116 cm³/mol. The Morgan fingerprint density at radius 3 is 2.43 bits per heavy atom. The number of benzene rings is 1. The summed E-state index contributed by atoms with van der Waals surface area (Å²) in [5.74, 6) is 0.831. The highest BCUT2D eigenvalue weighted by Gasteiger charge is 2.11. The van der Waals surface area contributed by atoms with E-state index in [9.17, 15) is 0 Å². The molecule has 0 saturated carbocycles. The Balaban J connectivity index is 1.63. The topological polar surface area (TPSA) is 52.6 Å². The molecule has 0 bridgehead atoms. The highest BCUT2D eigenvalue weighted by Crippen LogP contribution is 2.16. The smallest absolute Gasteiger partial charge is 0.191 e. The van der Waals surface area contributed by atoms with Crippen LogP contribution in [0.2, 0.25) is 0 Å². The van der Waals surface area contributed by atoms with E-state index in [1.165, 1.54) is 49.9 Å². The summed E-state index contributed by atoms with van der Waals surface area (Å²) < 4.78 is 0. The predicted octanol–water partition coefficient (Wildman–Crippen LogP) is 3.71. The molecular weight excluding hydrogens is 346 g/mol. The summed E-state index contributed by atoms with van der Waals surface area (Å²) in [4.78, 5) is 11.8. The molecule has 0 aliphatic carbocycles. The van der Waals surface area contributed by atoms with E-state index in [4.69, 9.17) is 4.99 Å². The molecular formula is C23H33N5. The van der Waals surface area contributed by atoms with Crippen molar-refractivity contribution in [2.75, 3.05) is 19.6 Å². The van der Waals surface area contributed by atoms with Gasteiger partial charge in [0.2, 0.25) is 0 Å². The van der Waals surface area contributed by atoms with Gasteiger partial charge in [0.15, 0.2) is 5.96 Å². The minimum Gasteiger partial charge on any atom is -0.357 e. The van der Waals surface area contributed by atoms with Crippen LogP contribution in [-0.2, 0) is 19.6 Å². The summed E-state index contributed by atoms with van der Waals surface area (Å²) in [6, 6.07) is 14.7. The van der Waals surface area contributed by atoms with Gasteiger partial charge in [0, 0.05) is 19.3 Å². The van der Waals surface area contributed by atoms with E-state index in [1.807, 2.05) is 24.4 Å². The molecule has 150 valence electrons. The molecule has 1 saturated heterocycles. The Morgan fingerprint density at radius 2 is 1.71 bits per heavy atom. The van der Waals surface area contributed by atoms with Gasteiger partial charge in [-0.05, 0) is 56.1 Å². The Labute approximate surface area is 169 Å². The van der Waals surface area contributed by atoms with Gasteiger partial charge in [-0.3, -0.25) is 9.88 Å². The molecule has 1 aromatic heterocycles. The SMILES string of the molecule is CCNC(=NCc1ccccc1CN1CCCCCC1)NCc1ccccn1. The van der Waals surface area contributed by atoms with Crippen LogP contribution < -0.4 is 10.6 Å². The highest BCUT2D eigenvalue weighted by atomic mass is 15.2. The lowest BCUT2D eigenvalue weighted by Gasteiger charge is -2.21. The Bertz CT molecular complexity index is 721. The number of aliphatic imine (C=N–C) groups is 1. The van der Waals surface area contributed by atoms with Crippen LogP contribution in [0.25, 0.3) is 0 Å². The summed E-state index contributed by atoms with van der Waals surface area (Å²) in [6.07, 6.45) is 7.21. The zero-order chi connectivity index (χ0) is 19.4. The molecule has 28 heavy (non-hydrogen) atoms. The van der Waals surface area contributed by atoms with Gasteiger partial charge in [-0.25, -0.2) is 4.99 Å². The van der Waals surface area contributed by atoms with Gasteiger partial charge in [-0.1, -0.05) is 43.2 Å². The van der Waals surface area contributed by atoms with E-state index >= 15 is 0 Å². The maximum atomic E-state index is 4.82. The molecule has 0 unspecified atom stereocenters. The fraction of sp³-hybridized carbons (Fsp3) is 0.478. The molecule has 5 nitrogen and oxygen atoms in total. The molecule has 1 aromatic carbocycles. The molecule has 1 fully saturated rings. The maximum Gasteiger partial charge on any atom is 0.191 e. The van der Waals surface area contributed by atoms with Gasteiger partial charge >= 0.3 is 0 Å². The van der Waals surface area contributed by atoms with Crippen LogP contribution in [0.3, 0.4) is 0 Å². The largest absolute Gasteiger partial charge is 0.357 e. The molecule has 3 rings (SSSR count). The molecule has 0 radical (unpaired) electrons. The third-order valence-electron chi connectivity index (χ3n) is 5.13. The van der Waals surface area contributed by atoms with Crippen molar-refractivity contribution in [3.05, 3.63) is 65.5 Å². The van der Waals surface area contributed by atoms with Crippen LogP contribution in [0, 0.1) is 0 Å². The van der Waals surface area contributed by atoms with Crippen LogP contribution in [0.4, 0.5) is 0 Å². The van der Waals surface area contributed by atoms with Crippen LogP contribution in [0.15, 0.2) is 53.7 Å². The molecule has 1 aliphatic heterocycles. The van der Waals surface area contributed by atoms with Crippen molar-refractivity contribution in [1.82, 2.24) is 20.5 Å². The second-order valence-electron chi connectivity index (χ2n) is 7.33. The van der Waals surface area contributed by atoms with Gasteiger partial charge < -0.3 is 10.6 Å². The first-order valence-electron chi connectivity index (χ1n) is 10.6. The van der Waals surface area contributed by atoms with Crippen LogP contribution in [0.5, 0.6) is 0 Å². The van der Waals surface area contributed by atoms with Crippen LogP contribution in [0.1, 0.15) is 49.4 Å². The minimum absolute atomic E-state index is 0.669. The summed E-state index contributed by atoms with van der Waals surface area (Å²) >= 11 is 0. The zero-order valence-electron chi connectivity index (χ0n) is 17.0. The van der Waals surface area contributed by atoms with Crippen molar-refractivity contribution in [2.45, 2.75) is 52.2 Å². The average Bonchev–Trinajstić information content (AvgIpc) is 3.00. The van der Waals surface area contributed by atoms with Crippen LogP contribution in [-0.4, -0.2) is 35.5 Å². The van der Waals surface area contributed by atoms with Gasteiger partial charge in [0.25, 0.3) is 0 Å². The van der Waals surface area contributed by atoms with E-state index in [-0.39, 0.29) is 0 Å². The minimum atomic E-state index is 0.669. The second kappa shape index (κ2) is 11.4. The fourth-order valence-electron chi connectivity index (χ4n) is 3.58. The monoisotopic (exact) mass is 379 g/mol. The zero-order valence-corrected chi connectivity index (χ0v) is 17.0. The Kier molecular flexibility index (Phi) is 8.31. The van der Waals surface area contributed by atoms with Crippen molar-refractivity contribution < 1.29 is 0 Å². The summed E-state index contributed by atoms with van der Waals surface area (Å²) in [5, 5.41) is 6.72. The number of aromatic nitrogens is 1. The second-order valence-corrected chi connectivity index (χ2v) is 7.33. The molecule has 2 N–H and O–H groups in total. The van der Waals surface area contributed by atoms with Gasteiger partial charge in [0.1, 0.15) is 0 Å². The number of rotatable bonds is 7. The Hall–Kier alpha value is -2.40. The quantitative estimate of drug-likeness (QED) is 0.569. The molecule has 0 atom stereocenters. The number of likely N-dealkylation sites (tertiary alicyclic amines) is 1. The van der Waals surface area contributed by atoms with Crippen molar-refractivity contribution in [1.29, 1.82) is 0 Å². The van der Waals surface area contributed by atoms with Gasteiger partial charge in [0.05, 0.1) is 18.8 Å². The number of nitrogens with one attached hydrogen (secondary N) is 2. The molecule has 1 aliphatic rings. The van der Waals surface area contributed by atoms with E-state index in [1.54, 1.807) is 0 Å². The van der Waals surface area contributed by atoms with Crippen molar-refractivity contribution >= 4 is 5.96 Å². The first-order chi connectivity index (χ1) is 13.8. The highest BCUT2D eigenvalue weighted by molar-refractivity contribution is 5.79. The third-order valence-corrected chi connectivity index (χ3v) is 5.13. The van der Waals surface area contributed by atoms with E-state index in [2.05, 4.69) is 51.7 Å². The molecule has 5 heteroatoms. The summed E-state index contributed by atoms with van der Waals surface area (Å²) in [7, 11) is 0. The van der Waals surface area contributed by atoms with E-state index in [0.717, 1.165) is 24.7 Å². The maximum absolute atomic E-state index is 4.82. The van der Waals surface area contributed by atoms with Crippen molar-refractivity contribution in [3.63, 3.8) is 0 Å². The van der Waals surface area contributed by atoms with Gasteiger partial charge in [-0.2, -0.15) is 0 Å². The fourth-order valence-corrected chi connectivity index (χ4v) is 3.58. The molecule has 2 heterocycles. The van der Waals surface area contributed by atoms with Gasteiger partial charge in [-0.15, -0.1) is 0 Å².